The summed E-state index contributed by atoms with van der Waals surface area (Å²) in [6.07, 6.45) is 0. The molecule has 104 valence electrons. The van der Waals surface area contributed by atoms with Crippen molar-refractivity contribution in [1.82, 2.24) is 0 Å². The van der Waals surface area contributed by atoms with E-state index >= 15 is 0 Å². The molecule has 0 saturated carbocycles. The van der Waals surface area contributed by atoms with Gasteiger partial charge in [-0.2, -0.15) is 0 Å². The summed E-state index contributed by atoms with van der Waals surface area (Å²) in [5, 5.41) is 0. The second-order valence-electron chi connectivity index (χ2n) is 0. The molecule has 0 unspecified atom stereocenters. The predicted molar refractivity (Wildman–Crippen MR) is 0 cm³/mol. The van der Waals surface area contributed by atoms with Gasteiger partial charge in [0, 0.05) is 569 Å². The van der Waals surface area contributed by atoms with Crippen LogP contribution in [0.1, 0.15) is 0 Å². The molecule has 0 aromatic carbocycles. The summed E-state index contributed by atoms with van der Waals surface area (Å²) in [6.45, 7) is 0. The van der Waals surface area contributed by atoms with Crippen LogP contribution in [0.25, 0.3) is 0 Å². The van der Waals surface area contributed by atoms with Gasteiger partial charge in [0.1, 0.15) is 0 Å². The normalized spacial score (nSPS) is 0. The van der Waals surface area contributed by atoms with Crippen molar-refractivity contribution >= 4 is 0 Å². The fraction of sp³-hybridized carbons (Fsp3) is 0. The van der Waals surface area contributed by atoms with Crippen LogP contribution < -0.4 is 0 Å². The van der Waals surface area contributed by atoms with Crippen LogP contribution in [0, 0.1) is 569 Å². The van der Waals surface area contributed by atoms with Crippen molar-refractivity contribution in [3.63, 3.8) is 0 Å². The zero-order valence-electron chi connectivity index (χ0n) is 4.60. The molecular formula is Ar6Xe7. The van der Waals surface area contributed by atoms with Gasteiger partial charge in [-0.1, -0.05) is 0 Å². The van der Waals surface area contributed by atoms with Crippen LogP contribution in [0.5, 0.6) is 0 Å². The fourth-order valence-electron chi connectivity index (χ4n) is 0. The molecule has 0 saturated heterocycles. The van der Waals surface area contributed by atoms with Crippen LogP contribution in [0.3, 0.4) is 0 Å². The Balaban J connectivity index is 0. The van der Waals surface area contributed by atoms with Crippen molar-refractivity contribution in [3.05, 3.63) is 0 Å². The van der Waals surface area contributed by atoms with E-state index in [-0.39, 0.29) is 569 Å². The van der Waals surface area contributed by atoms with Crippen LogP contribution in [-0.2, 0) is 0 Å². The van der Waals surface area contributed by atoms with E-state index in [1.807, 2.05) is 0 Å². The van der Waals surface area contributed by atoms with E-state index in [0.717, 1.165) is 0 Å². The molecule has 0 N–H and O–H groups in total. The van der Waals surface area contributed by atoms with Crippen molar-refractivity contribution in [2.24, 2.45) is 0 Å². The number of hydrogen-bond acceptors (Lipinski definition) is 0. The third kappa shape index (κ3) is 72.4. The predicted octanol–water partition coefficient (Wildman–Crippen LogP) is 0. The Hall–Kier alpha value is 18.6. The SMILES string of the molecule is [Ar].[Ar].[Ar].[Ar].[Ar].[Ar].[Xe].[Xe].[Xe].[Xe].[Xe].[Xe].[Xe]. The first-order valence-corrected chi connectivity index (χ1v) is 0. The smallest absolute Gasteiger partial charge is 0 e. The molecule has 0 aliphatic heterocycles. The average molecular weight is 1160 g/mol. The summed E-state index contributed by atoms with van der Waals surface area (Å²) in [7, 11) is 0. The van der Waals surface area contributed by atoms with Gasteiger partial charge < -0.3 is 0 Å². The second kappa shape index (κ2) is 77.5. The first-order chi connectivity index (χ1) is 0. The molecule has 0 atom stereocenters. The Labute approximate surface area is 544 Å². The van der Waals surface area contributed by atoms with E-state index in [4.69, 9.17) is 0 Å². The Morgan fingerprint density at radius 3 is 0.154 bits per heavy atom. The zero-order valence-corrected chi connectivity index (χ0v) is 23.0. The summed E-state index contributed by atoms with van der Waals surface area (Å²) >= 11 is 0. The number of hydrogen-bond donors (Lipinski definition) is 0. The first-order valence-electron chi connectivity index (χ1n) is 0. The molecule has 0 amide bonds. The van der Waals surface area contributed by atoms with Gasteiger partial charge in [0.05, 0.1) is 0 Å². The van der Waals surface area contributed by atoms with Gasteiger partial charge >= 0.3 is 0 Å². The molecule has 0 aromatic heterocycles. The quantitative estimate of drug-likeness (QED) is 0.321. The van der Waals surface area contributed by atoms with E-state index in [0.29, 0.717) is 0 Å². The molecule has 0 fully saturated rings. The topological polar surface area (TPSA) is 0 Å². The summed E-state index contributed by atoms with van der Waals surface area (Å²) < 4.78 is 0. The van der Waals surface area contributed by atoms with Gasteiger partial charge in [-0.3, -0.25) is 0 Å². The van der Waals surface area contributed by atoms with Gasteiger partial charge in [-0.15, -0.1) is 0 Å². The van der Waals surface area contributed by atoms with Crippen LogP contribution >= 0.6 is 0 Å². The minimum Gasteiger partial charge on any atom is 0 e. The van der Waals surface area contributed by atoms with Gasteiger partial charge in [-0.25, -0.2) is 0 Å². The van der Waals surface area contributed by atoms with Crippen LogP contribution in [0.4, 0.5) is 0 Å². The van der Waals surface area contributed by atoms with Gasteiger partial charge in [0.2, 0.25) is 0 Å². The molecule has 0 aliphatic carbocycles. The van der Waals surface area contributed by atoms with E-state index < -0.39 is 0 Å². The molecule has 0 spiro atoms. The van der Waals surface area contributed by atoms with Crippen LogP contribution in [0.2, 0.25) is 0 Å². The molecular weight excluding hydrogens is 1160 g/mol. The van der Waals surface area contributed by atoms with E-state index in [1.54, 1.807) is 0 Å². The zero-order chi connectivity index (χ0) is 0. The number of rotatable bonds is 0. The van der Waals surface area contributed by atoms with Gasteiger partial charge in [0.25, 0.3) is 0 Å². The van der Waals surface area contributed by atoms with Crippen molar-refractivity contribution in [3.8, 4) is 0 Å². The minimum absolute atomic E-state index is 0. The molecule has 13 heteroatoms. The molecule has 13 heavy (non-hydrogen) atoms. The minimum atomic E-state index is 0. The molecule has 0 aromatic rings. The maximum Gasteiger partial charge on any atom is 0 e. The monoisotopic (exact) mass is 1160 g/mol. The molecule has 0 aliphatic rings. The van der Waals surface area contributed by atoms with Crippen molar-refractivity contribution in [2.75, 3.05) is 0 Å². The summed E-state index contributed by atoms with van der Waals surface area (Å²) in [5.74, 6) is 0. The third-order valence-corrected chi connectivity index (χ3v) is 0. The standard InChI is InChI=1S/6Ar.7Xe. The van der Waals surface area contributed by atoms with Gasteiger partial charge in [-0.05, 0) is 0 Å². The largest absolute Gasteiger partial charge is 0 e. The third-order valence-electron chi connectivity index (χ3n) is 0. The van der Waals surface area contributed by atoms with E-state index in [9.17, 15) is 0 Å². The van der Waals surface area contributed by atoms with E-state index in [2.05, 4.69) is 0 Å². The molecule has 0 rings (SSSR count). The van der Waals surface area contributed by atoms with Crippen LogP contribution in [-0.4, -0.2) is 0 Å². The Kier molecular flexibility index (Phi) is 510. The average Bonchev–Trinajstić information content (AvgIpc) is 0. The van der Waals surface area contributed by atoms with Crippen molar-refractivity contribution in [2.45, 2.75) is 0 Å². The van der Waals surface area contributed by atoms with Crippen molar-refractivity contribution < 1.29 is 569 Å². The Morgan fingerprint density at radius 1 is 0.154 bits per heavy atom. The molecule has 0 radical (unpaired) electrons. The summed E-state index contributed by atoms with van der Waals surface area (Å²) in [4.78, 5) is 0. The summed E-state index contributed by atoms with van der Waals surface area (Å²) in [5.41, 5.74) is 0. The van der Waals surface area contributed by atoms with Crippen LogP contribution in [0.15, 0.2) is 0 Å². The Morgan fingerprint density at radius 2 is 0.154 bits per heavy atom. The fourth-order valence-corrected chi connectivity index (χ4v) is 0. The molecule has 0 heterocycles. The summed E-state index contributed by atoms with van der Waals surface area (Å²) in [6, 6.07) is 0. The van der Waals surface area contributed by atoms with E-state index in [1.165, 1.54) is 0 Å². The maximum absolute atomic E-state index is 0. The van der Waals surface area contributed by atoms with Crippen molar-refractivity contribution in [1.29, 1.82) is 0 Å². The maximum atomic E-state index is 0. The molecule has 0 bridgehead atoms. The second-order valence-corrected chi connectivity index (χ2v) is 0. The van der Waals surface area contributed by atoms with Gasteiger partial charge in [0.15, 0.2) is 0 Å². The first kappa shape index (κ1) is 85.6. The Bertz CT molecular complexity index is 12.9. The molecule has 0 nitrogen and oxygen atoms in total.